The van der Waals surface area contributed by atoms with Gasteiger partial charge in [-0.15, -0.1) is 0 Å². The number of hydrogen-bond donors (Lipinski definition) is 2. The van der Waals surface area contributed by atoms with Crippen molar-refractivity contribution in [2.45, 2.75) is 86.0 Å². The van der Waals surface area contributed by atoms with E-state index in [1.807, 2.05) is 0 Å². The van der Waals surface area contributed by atoms with Crippen molar-refractivity contribution in [3.8, 4) is 0 Å². The molecule has 1 aliphatic heterocycles. The van der Waals surface area contributed by atoms with Crippen molar-refractivity contribution in [1.82, 2.24) is 5.32 Å². The van der Waals surface area contributed by atoms with E-state index in [0.29, 0.717) is 0 Å². The third-order valence-corrected chi connectivity index (χ3v) is 4.18. The largest absolute Gasteiger partial charge is 0.462 e. The fourth-order valence-electron chi connectivity index (χ4n) is 2.59. The van der Waals surface area contributed by atoms with Crippen molar-refractivity contribution in [3.63, 3.8) is 0 Å². The van der Waals surface area contributed by atoms with Crippen LogP contribution in [0, 0.1) is 10.8 Å². The van der Waals surface area contributed by atoms with Crippen LogP contribution in [0.25, 0.3) is 0 Å². The average Bonchev–Trinajstić information content (AvgIpc) is 2.55. The number of rotatable bonds is 5. The van der Waals surface area contributed by atoms with Crippen molar-refractivity contribution in [1.29, 1.82) is 0 Å². The van der Waals surface area contributed by atoms with Gasteiger partial charge in [-0.05, 0) is 41.5 Å². The zero-order chi connectivity index (χ0) is 23.4. The summed E-state index contributed by atoms with van der Waals surface area (Å²) in [5, 5.41) is 12.8. The maximum atomic E-state index is 12.5. The van der Waals surface area contributed by atoms with Gasteiger partial charge in [0, 0.05) is 13.8 Å². The molecule has 0 aliphatic carbocycles. The van der Waals surface area contributed by atoms with Gasteiger partial charge in [-0.3, -0.25) is 19.2 Å². The maximum absolute atomic E-state index is 12.5. The van der Waals surface area contributed by atoms with Gasteiger partial charge in [-0.25, -0.2) is 0 Å². The summed E-state index contributed by atoms with van der Waals surface area (Å²) in [6, 6.07) is -1.20. The fraction of sp³-hybridized carbons (Fsp3) is 0.800. The van der Waals surface area contributed by atoms with Crippen molar-refractivity contribution >= 4 is 23.8 Å². The Morgan fingerprint density at radius 3 is 1.87 bits per heavy atom. The van der Waals surface area contributed by atoms with Crippen molar-refractivity contribution in [2.24, 2.45) is 10.8 Å². The highest BCUT2D eigenvalue weighted by Gasteiger charge is 2.51. The Hall–Kier alpha value is -2.20. The smallest absolute Gasteiger partial charge is 0.311 e. The van der Waals surface area contributed by atoms with Gasteiger partial charge >= 0.3 is 17.9 Å². The second-order valence-corrected chi connectivity index (χ2v) is 9.33. The first-order chi connectivity index (χ1) is 13.5. The van der Waals surface area contributed by atoms with Crippen LogP contribution in [0.15, 0.2) is 0 Å². The number of nitrogens with one attached hydrogen (secondary N) is 1. The lowest BCUT2D eigenvalue weighted by molar-refractivity contribution is -0.267. The Bertz CT molecular complexity index is 662. The van der Waals surface area contributed by atoms with E-state index in [0.717, 1.165) is 6.92 Å². The van der Waals surface area contributed by atoms with Gasteiger partial charge < -0.3 is 29.4 Å². The molecule has 0 aromatic rings. The van der Waals surface area contributed by atoms with E-state index in [2.05, 4.69) is 5.32 Å². The second-order valence-electron chi connectivity index (χ2n) is 9.33. The van der Waals surface area contributed by atoms with Crippen LogP contribution in [-0.4, -0.2) is 66.2 Å². The van der Waals surface area contributed by atoms with Crippen molar-refractivity contribution < 1.29 is 43.2 Å². The summed E-state index contributed by atoms with van der Waals surface area (Å²) in [7, 11) is 0. The molecule has 0 aromatic heterocycles. The molecule has 1 fully saturated rings. The summed E-state index contributed by atoms with van der Waals surface area (Å²) in [5.74, 6) is -2.39. The Kier molecular flexibility index (Phi) is 8.39. The topological polar surface area (TPSA) is 137 Å². The number of carbonyl (C=O) groups is 4. The maximum Gasteiger partial charge on any atom is 0.311 e. The number of carbonyl (C=O) groups excluding carboxylic acids is 4. The van der Waals surface area contributed by atoms with Crippen molar-refractivity contribution in [2.75, 3.05) is 6.61 Å². The van der Waals surface area contributed by atoms with Crippen molar-refractivity contribution in [3.05, 3.63) is 0 Å². The molecule has 0 aromatic carbocycles. The first kappa shape index (κ1) is 25.8. The highest BCUT2D eigenvalue weighted by atomic mass is 16.7. The predicted molar refractivity (Wildman–Crippen MR) is 104 cm³/mol. The zero-order valence-corrected chi connectivity index (χ0v) is 18.8. The molecule has 1 heterocycles. The molecule has 1 saturated heterocycles. The SMILES string of the molecule is CC(=O)N[C@@H]1[C@@H](OC(C)=O)[C@@H](OC(=O)C(C)(C)C)[C@@H](COC(=O)C(C)(C)C)O[C@H]1O. The van der Waals surface area contributed by atoms with E-state index in [9.17, 15) is 24.3 Å². The van der Waals surface area contributed by atoms with Crippen LogP contribution >= 0.6 is 0 Å². The molecule has 0 spiro atoms. The van der Waals surface area contributed by atoms with Gasteiger partial charge in [0.1, 0.15) is 18.8 Å². The number of aliphatic hydroxyl groups excluding tert-OH is 1. The number of amides is 1. The Morgan fingerprint density at radius 2 is 1.43 bits per heavy atom. The van der Waals surface area contributed by atoms with Gasteiger partial charge in [0.2, 0.25) is 5.91 Å². The number of ether oxygens (including phenoxy) is 4. The molecule has 172 valence electrons. The monoisotopic (exact) mass is 431 g/mol. The van der Waals surface area contributed by atoms with Crippen LogP contribution in [0.3, 0.4) is 0 Å². The summed E-state index contributed by atoms with van der Waals surface area (Å²) in [5.41, 5.74) is -1.69. The van der Waals surface area contributed by atoms with Crippen LogP contribution < -0.4 is 5.32 Å². The first-order valence-electron chi connectivity index (χ1n) is 9.70. The van der Waals surface area contributed by atoms with E-state index in [1.165, 1.54) is 6.92 Å². The molecule has 30 heavy (non-hydrogen) atoms. The van der Waals surface area contributed by atoms with Crippen LogP contribution in [0.2, 0.25) is 0 Å². The molecule has 10 heteroatoms. The Labute approximate surface area is 176 Å². The van der Waals surface area contributed by atoms with E-state index in [-0.39, 0.29) is 6.61 Å². The lowest BCUT2D eigenvalue weighted by atomic mass is 9.94. The summed E-state index contributed by atoms with van der Waals surface area (Å²) < 4.78 is 21.6. The standard InChI is InChI=1S/C20H33NO9/c1-10(22)21-13-15(28-11(2)23)14(30-18(26)20(6,7)8)12(29-16(13)24)9-27-17(25)19(3,4)5/h12-16,24H,9H2,1-8H3,(H,21,22)/t12-,13-,14+,15-,16-/m1/s1. The lowest BCUT2D eigenvalue weighted by Gasteiger charge is -2.44. The van der Waals surface area contributed by atoms with Gasteiger partial charge in [0.05, 0.1) is 10.8 Å². The lowest BCUT2D eigenvalue weighted by Crippen LogP contribution is -2.66. The third kappa shape index (κ3) is 7.24. The van der Waals surface area contributed by atoms with Crippen LogP contribution in [0.4, 0.5) is 0 Å². The molecule has 1 aliphatic rings. The van der Waals surface area contributed by atoms with E-state index in [1.54, 1.807) is 41.5 Å². The summed E-state index contributed by atoms with van der Waals surface area (Å²) in [6.45, 7) is 11.9. The van der Waals surface area contributed by atoms with Crippen LogP contribution in [0.1, 0.15) is 55.4 Å². The predicted octanol–water partition coefficient (Wildman–Crippen LogP) is 0.687. The Balaban J connectivity index is 3.25. The normalized spacial score (nSPS) is 27.0. The number of hydrogen-bond acceptors (Lipinski definition) is 9. The third-order valence-electron chi connectivity index (χ3n) is 4.18. The summed E-state index contributed by atoms with van der Waals surface area (Å²) in [6.07, 6.45) is -5.23. The highest BCUT2D eigenvalue weighted by Crippen LogP contribution is 2.29. The molecule has 0 unspecified atom stereocenters. The van der Waals surface area contributed by atoms with Gasteiger partial charge in [-0.2, -0.15) is 0 Å². The minimum Gasteiger partial charge on any atom is -0.462 e. The molecular weight excluding hydrogens is 398 g/mol. The average molecular weight is 431 g/mol. The van der Waals surface area contributed by atoms with Gasteiger partial charge in [0.15, 0.2) is 18.5 Å². The molecule has 0 radical (unpaired) electrons. The quantitative estimate of drug-likeness (QED) is 0.475. The molecule has 0 bridgehead atoms. The minimum absolute atomic E-state index is 0.361. The van der Waals surface area contributed by atoms with Gasteiger partial charge in [0.25, 0.3) is 0 Å². The fourth-order valence-corrected chi connectivity index (χ4v) is 2.59. The Morgan fingerprint density at radius 1 is 0.900 bits per heavy atom. The first-order valence-corrected chi connectivity index (χ1v) is 9.70. The molecule has 1 amide bonds. The highest BCUT2D eigenvalue weighted by molar-refractivity contribution is 5.76. The van der Waals surface area contributed by atoms with E-state index < -0.39 is 65.3 Å². The molecule has 0 saturated carbocycles. The van der Waals surface area contributed by atoms with Crippen LogP contribution in [0.5, 0.6) is 0 Å². The minimum atomic E-state index is -1.60. The van der Waals surface area contributed by atoms with Gasteiger partial charge in [-0.1, -0.05) is 0 Å². The second kappa shape index (κ2) is 9.74. The number of aliphatic hydroxyl groups is 1. The number of esters is 3. The van der Waals surface area contributed by atoms with Crippen LogP contribution in [-0.2, 0) is 38.1 Å². The molecule has 10 nitrogen and oxygen atoms in total. The zero-order valence-electron chi connectivity index (χ0n) is 18.8. The van der Waals surface area contributed by atoms with E-state index >= 15 is 0 Å². The molecule has 5 atom stereocenters. The van der Waals surface area contributed by atoms with E-state index in [4.69, 9.17) is 18.9 Å². The molecule has 1 rings (SSSR count). The molecule has 2 N–H and O–H groups in total. The molecular formula is C20H33NO9. The summed E-state index contributed by atoms with van der Waals surface area (Å²) >= 11 is 0. The summed E-state index contributed by atoms with van der Waals surface area (Å²) in [4.78, 5) is 48.0.